The van der Waals surface area contributed by atoms with Crippen LogP contribution in [0.4, 0.5) is 8.78 Å². The van der Waals surface area contributed by atoms with E-state index in [0.717, 1.165) is 29.8 Å². The summed E-state index contributed by atoms with van der Waals surface area (Å²) in [5, 5.41) is 3.30. The Morgan fingerprint density at radius 2 is 1.72 bits per heavy atom. The molecule has 25 heavy (non-hydrogen) atoms. The Morgan fingerprint density at radius 3 is 2.48 bits per heavy atom. The number of nitrogens with one attached hydrogen (secondary N) is 1. The molecule has 0 aliphatic carbocycles. The van der Waals surface area contributed by atoms with Gasteiger partial charge in [-0.2, -0.15) is 0 Å². The smallest absolute Gasteiger partial charge is 0.184 e. The van der Waals surface area contributed by atoms with Crippen molar-refractivity contribution in [3.63, 3.8) is 0 Å². The summed E-state index contributed by atoms with van der Waals surface area (Å²) in [4.78, 5) is 9.01. The fraction of sp³-hybridized carbons (Fsp3) is 0.200. The highest BCUT2D eigenvalue weighted by Crippen LogP contribution is 2.30. The molecule has 5 heteroatoms. The maximum atomic E-state index is 15.0. The first-order valence-corrected chi connectivity index (χ1v) is 8.28. The fourth-order valence-electron chi connectivity index (χ4n) is 3.09. The zero-order chi connectivity index (χ0) is 17.2. The van der Waals surface area contributed by atoms with E-state index < -0.39 is 6.17 Å². The van der Waals surface area contributed by atoms with Crippen molar-refractivity contribution in [2.24, 2.45) is 0 Å². The number of rotatable bonds is 3. The van der Waals surface area contributed by atoms with Crippen LogP contribution < -0.4 is 5.32 Å². The average Bonchev–Trinajstić information content (AvgIpc) is 2.68. The number of hydrogen-bond acceptors (Lipinski definition) is 3. The molecule has 0 fully saturated rings. The molecule has 1 aromatic heterocycles. The van der Waals surface area contributed by atoms with Gasteiger partial charge < -0.3 is 5.32 Å². The predicted octanol–water partition coefficient (Wildman–Crippen LogP) is 3.99. The van der Waals surface area contributed by atoms with Gasteiger partial charge in [-0.25, -0.2) is 18.7 Å². The quantitative estimate of drug-likeness (QED) is 0.785. The lowest BCUT2D eigenvalue weighted by molar-refractivity contribution is 0.381. The van der Waals surface area contributed by atoms with Crippen molar-refractivity contribution in [2.75, 3.05) is 6.54 Å². The molecule has 0 saturated heterocycles. The lowest BCUT2D eigenvalue weighted by atomic mass is 9.99. The number of hydrogen-bond donors (Lipinski definition) is 1. The molecule has 2 heterocycles. The first-order valence-electron chi connectivity index (χ1n) is 8.28. The van der Waals surface area contributed by atoms with E-state index in [1.807, 2.05) is 6.07 Å². The summed E-state index contributed by atoms with van der Waals surface area (Å²) >= 11 is 0. The second-order valence-corrected chi connectivity index (χ2v) is 6.06. The molecule has 0 radical (unpaired) electrons. The number of fused-ring (bicyclic) bond motifs is 1. The molecule has 0 amide bonds. The van der Waals surface area contributed by atoms with Gasteiger partial charge in [0, 0.05) is 30.6 Å². The third-order valence-corrected chi connectivity index (χ3v) is 4.39. The van der Waals surface area contributed by atoms with Crippen LogP contribution in [0.3, 0.4) is 0 Å². The van der Waals surface area contributed by atoms with Crippen LogP contribution in [0, 0.1) is 5.82 Å². The highest BCUT2D eigenvalue weighted by atomic mass is 19.1. The van der Waals surface area contributed by atoms with Gasteiger partial charge >= 0.3 is 0 Å². The highest BCUT2D eigenvalue weighted by Gasteiger charge is 2.23. The lowest BCUT2D eigenvalue weighted by Crippen LogP contribution is -2.26. The van der Waals surface area contributed by atoms with Crippen LogP contribution in [-0.2, 0) is 13.0 Å². The molecule has 0 saturated carbocycles. The SMILES string of the molecule is Fc1ccc(-c2nc(C(F)c3ccccc3)nc3c2CNCC3)cc1. The number of benzene rings is 2. The van der Waals surface area contributed by atoms with E-state index in [2.05, 4.69) is 15.3 Å². The summed E-state index contributed by atoms with van der Waals surface area (Å²) in [7, 11) is 0. The molecular formula is C20H17F2N3. The van der Waals surface area contributed by atoms with Crippen molar-refractivity contribution < 1.29 is 8.78 Å². The first-order chi connectivity index (χ1) is 12.2. The summed E-state index contributed by atoms with van der Waals surface area (Å²) in [6.45, 7) is 1.43. The first kappa shape index (κ1) is 15.8. The lowest BCUT2D eigenvalue weighted by Gasteiger charge is -2.21. The third kappa shape index (κ3) is 3.15. The maximum Gasteiger partial charge on any atom is 0.184 e. The minimum absolute atomic E-state index is 0.158. The molecule has 1 aliphatic rings. The van der Waals surface area contributed by atoms with Crippen LogP contribution in [0.1, 0.15) is 28.8 Å². The van der Waals surface area contributed by atoms with Crippen molar-refractivity contribution in [2.45, 2.75) is 19.1 Å². The van der Waals surface area contributed by atoms with E-state index in [-0.39, 0.29) is 11.6 Å². The Labute approximate surface area is 144 Å². The molecule has 0 bridgehead atoms. The largest absolute Gasteiger partial charge is 0.312 e. The van der Waals surface area contributed by atoms with Crippen LogP contribution in [0.5, 0.6) is 0 Å². The molecule has 3 aromatic rings. The van der Waals surface area contributed by atoms with E-state index >= 15 is 0 Å². The van der Waals surface area contributed by atoms with Gasteiger partial charge in [0.1, 0.15) is 5.82 Å². The molecule has 3 nitrogen and oxygen atoms in total. The van der Waals surface area contributed by atoms with Crippen molar-refractivity contribution in [1.82, 2.24) is 15.3 Å². The Bertz CT molecular complexity index is 879. The van der Waals surface area contributed by atoms with E-state index in [1.165, 1.54) is 12.1 Å². The van der Waals surface area contributed by atoms with E-state index in [1.54, 1.807) is 36.4 Å². The zero-order valence-corrected chi connectivity index (χ0v) is 13.5. The Hall–Kier alpha value is -2.66. The molecular weight excluding hydrogens is 320 g/mol. The molecule has 1 aliphatic heterocycles. The average molecular weight is 337 g/mol. The van der Waals surface area contributed by atoms with Crippen LogP contribution in [0.25, 0.3) is 11.3 Å². The van der Waals surface area contributed by atoms with Crippen LogP contribution in [0.2, 0.25) is 0 Å². The molecule has 1 unspecified atom stereocenters. The van der Waals surface area contributed by atoms with Gasteiger partial charge in [0.05, 0.1) is 11.4 Å². The van der Waals surface area contributed by atoms with Crippen LogP contribution >= 0.6 is 0 Å². The van der Waals surface area contributed by atoms with Gasteiger partial charge in [0.15, 0.2) is 12.0 Å². The van der Waals surface area contributed by atoms with E-state index in [0.29, 0.717) is 17.8 Å². The van der Waals surface area contributed by atoms with Gasteiger partial charge in [-0.05, 0) is 29.8 Å². The topological polar surface area (TPSA) is 37.8 Å². The maximum absolute atomic E-state index is 15.0. The van der Waals surface area contributed by atoms with Gasteiger partial charge in [-0.3, -0.25) is 0 Å². The van der Waals surface area contributed by atoms with Crippen molar-refractivity contribution >= 4 is 0 Å². The van der Waals surface area contributed by atoms with Gasteiger partial charge in [0.25, 0.3) is 0 Å². The molecule has 126 valence electrons. The normalized spacial score (nSPS) is 14.8. The molecule has 4 rings (SSSR count). The Kier molecular flexibility index (Phi) is 4.24. The van der Waals surface area contributed by atoms with Gasteiger partial charge in [-0.1, -0.05) is 30.3 Å². The molecule has 2 aromatic carbocycles. The number of aromatic nitrogens is 2. The van der Waals surface area contributed by atoms with Gasteiger partial charge in [-0.15, -0.1) is 0 Å². The van der Waals surface area contributed by atoms with Gasteiger partial charge in [0.2, 0.25) is 0 Å². The molecule has 1 atom stereocenters. The summed E-state index contributed by atoms with van der Waals surface area (Å²) in [5.41, 5.74) is 3.79. The number of halogens is 2. The zero-order valence-electron chi connectivity index (χ0n) is 13.5. The van der Waals surface area contributed by atoms with E-state index in [9.17, 15) is 8.78 Å². The third-order valence-electron chi connectivity index (χ3n) is 4.39. The van der Waals surface area contributed by atoms with E-state index in [4.69, 9.17) is 0 Å². The van der Waals surface area contributed by atoms with Crippen molar-refractivity contribution in [1.29, 1.82) is 0 Å². The minimum atomic E-state index is -1.39. The highest BCUT2D eigenvalue weighted by molar-refractivity contribution is 5.64. The Morgan fingerprint density at radius 1 is 0.960 bits per heavy atom. The number of alkyl halides is 1. The predicted molar refractivity (Wildman–Crippen MR) is 92.2 cm³/mol. The summed E-state index contributed by atoms with van der Waals surface area (Å²) in [6, 6.07) is 15.0. The summed E-state index contributed by atoms with van der Waals surface area (Å²) in [6.07, 6.45) is -0.666. The fourth-order valence-corrected chi connectivity index (χ4v) is 3.09. The van der Waals surface area contributed by atoms with Crippen molar-refractivity contribution in [3.8, 4) is 11.3 Å². The van der Waals surface area contributed by atoms with Crippen LogP contribution in [0.15, 0.2) is 54.6 Å². The summed E-state index contributed by atoms with van der Waals surface area (Å²) < 4.78 is 28.3. The summed E-state index contributed by atoms with van der Waals surface area (Å²) in [5.74, 6) is -0.149. The van der Waals surface area contributed by atoms with Crippen LogP contribution in [-0.4, -0.2) is 16.5 Å². The van der Waals surface area contributed by atoms with Crippen molar-refractivity contribution in [3.05, 3.63) is 83.1 Å². The second kappa shape index (κ2) is 6.69. The number of nitrogens with zero attached hydrogens (tertiary/aromatic N) is 2. The standard InChI is InChI=1S/C20H17F2N3/c21-15-8-6-14(7-9-15)19-16-12-23-11-10-17(16)24-20(25-19)18(22)13-4-2-1-3-5-13/h1-9,18,23H,10-12H2. The molecule has 1 N–H and O–H groups in total. The second-order valence-electron chi connectivity index (χ2n) is 6.06. The minimum Gasteiger partial charge on any atom is -0.312 e. The Balaban J connectivity index is 1.84. The molecule has 0 spiro atoms. The monoisotopic (exact) mass is 337 g/mol.